The van der Waals surface area contributed by atoms with Gasteiger partial charge in [-0.3, -0.25) is 8.99 Å². The van der Waals surface area contributed by atoms with Gasteiger partial charge in [-0.05, 0) is 5.92 Å². The van der Waals surface area contributed by atoms with Gasteiger partial charge in [-0.2, -0.15) is 26.3 Å². The summed E-state index contributed by atoms with van der Waals surface area (Å²) in [4.78, 5) is 17.8. The molecule has 0 radical (unpaired) electrons. The minimum absolute atomic E-state index is 0.500. The van der Waals surface area contributed by atoms with E-state index in [1.54, 1.807) is 0 Å². The number of carboxylic acid groups (broad SMARTS) is 2. The summed E-state index contributed by atoms with van der Waals surface area (Å²) < 4.78 is 81.4. The van der Waals surface area contributed by atoms with Crippen molar-refractivity contribution in [1.29, 1.82) is 4.78 Å². The van der Waals surface area contributed by atoms with E-state index in [0.29, 0.717) is 11.7 Å². The van der Waals surface area contributed by atoms with Gasteiger partial charge < -0.3 is 15.5 Å². The summed E-state index contributed by atoms with van der Waals surface area (Å²) >= 11 is 0. The van der Waals surface area contributed by atoms with E-state index in [1.807, 2.05) is 0 Å². The lowest BCUT2D eigenvalue weighted by Crippen LogP contribution is -2.45. The van der Waals surface area contributed by atoms with Crippen LogP contribution in [0.3, 0.4) is 0 Å². The Balaban J connectivity index is 0. The maximum atomic E-state index is 10.8. The Morgan fingerprint density at radius 3 is 1.39 bits per heavy atom. The number of alkyl halides is 6. The molecule has 7 nitrogen and oxygen atoms in total. The smallest absolute Gasteiger partial charge is 0.475 e. The second-order valence-electron chi connectivity index (χ2n) is 4.30. The molecule has 1 aliphatic rings. The van der Waals surface area contributed by atoms with E-state index < -0.39 is 34.0 Å². The summed E-state index contributed by atoms with van der Waals surface area (Å²) in [6, 6.07) is 0. The first-order valence-electron chi connectivity index (χ1n) is 5.49. The standard InChI is InChI=1S/C5H12N2OS.2C2HF3O2/c1-9(6,8)4-5-2-7-3-5;2*3-2(4,5)1(6)7/h5-7H,2-4H2,1H3;2*(H,6,7). The SMILES string of the molecule is CS(=N)(=O)CC1CNC1.O=C(O)C(F)(F)F.O=C(O)C(F)(F)F. The van der Waals surface area contributed by atoms with Crippen molar-refractivity contribution in [1.82, 2.24) is 5.32 Å². The number of halogens is 6. The number of hydrogen-bond donors (Lipinski definition) is 4. The van der Waals surface area contributed by atoms with Crippen molar-refractivity contribution in [2.24, 2.45) is 5.92 Å². The summed E-state index contributed by atoms with van der Waals surface area (Å²) in [7, 11) is -2.22. The summed E-state index contributed by atoms with van der Waals surface area (Å²) in [6.45, 7) is 1.90. The lowest BCUT2D eigenvalue weighted by molar-refractivity contribution is -0.193. The first-order valence-corrected chi connectivity index (χ1v) is 7.62. The van der Waals surface area contributed by atoms with Crippen LogP contribution in [-0.4, -0.2) is 63.8 Å². The van der Waals surface area contributed by atoms with Crippen molar-refractivity contribution in [2.45, 2.75) is 12.4 Å². The molecule has 0 aromatic carbocycles. The summed E-state index contributed by atoms with van der Waals surface area (Å²) in [6.07, 6.45) is -8.66. The molecule has 1 saturated heterocycles. The highest BCUT2D eigenvalue weighted by Gasteiger charge is 2.38. The van der Waals surface area contributed by atoms with Crippen molar-refractivity contribution in [3.63, 3.8) is 0 Å². The second-order valence-corrected chi connectivity index (χ2v) is 6.65. The zero-order valence-corrected chi connectivity index (χ0v) is 12.3. The van der Waals surface area contributed by atoms with Gasteiger partial charge in [0, 0.05) is 34.8 Å². The third-order valence-electron chi connectivity index (χ3n) is 1.90. The molecule has 1 aliphatic heterocycles. The van der Waals surface area contributed by atoms with Gasteiger partial charge in [-0.15, -0.1) is 0 Å². The van der Waals surface area contributed by atoms with E-state index >= 15 is 0 Å². The molecule has 14 heteroatoms. The van der Waals surface area contributed by atoms with Crippen LogP contribution < -0.4 is 5.32 Å². The summed E-state index contributed by atoms with van der Waals surface area (Å²) in [5, 5.41) is 17.3. The fourth-order valence-corrected chi connectivity index (χ4v) is 2.05. The van der Waals surface area contributed by atoms with Crippen LogP contribution >= 0.6 is 0 Å². The van der Waals surface area contributed by atoms with Crippen LogP contribution in [0.5, 0.6) is 0 Å². The zero-order valence-electron chi connectivity index (χ0n) is 11.5. The lowest BCUT2D eigenvalue weighted by atomic mass is 10.1. The maximum absolute atomic E-state index is 10.8. The molecule has 23 heavy (non-hydrogen) atoms. The molecule has 4 N–H and O–H groups in total. The van der Waals surface area contributed by atoms with Crippen LogP contribution in [0.4, 0.5) is 26.3 Å². The van der Waals surface area contributed by atoms with Gasteiger partial charge in [0.2, 0.25) is 0 Å². The predicted molar refractivity (Wildman–Crippen MR) is 65.4 cm³/mol. The summed E-state index contributed by atoms with van der Waals surface area (Å²) in [5.74, 6) is -4.44. The van der Waals surface area contributed by atoms with Crippen molar-refractivity contribution >= 4 is 21.7 Å². The number of carbonyl (C=O) groups is 2. The van der Waals surface area contributed by atoms with Crippen molar-refractivity contribution < 1.29 is 50.4 Å². The molecule has 0 bridgehead atoms. The Morgan fingerprint density at radius 1 is 1.09 bits per heavy atom. The third-order valence-corrected chi connectivity index (χ3v) is 3.01. The molecular formula is C9H14F6N2O5S. The quantitative estimate of drug-likeness (QED) is 0.536. The zero-order chi connectivity index (χ0) is 19.1. The molecule has 1 unspecified atom stereocenters. The van der Waals surface area contributed by atoms with Gasteiger partial charge >= 0.3 is 24.3 Å². The predicted octanol–water partition coefficient (Wildman–Crippen LogP) is 1.15. The van der Waals surface area contributed by atoms with Crippen LogP contribution in [0.25, 0.3) is 0 Å². The van der Waals surface area contributed by atoms with Gasteiger partial charge in [0.1, 0.15) is 0 Å². The molecular weight excluding hydrogens is 362 g/mol. The molecule has 1 heterocycles. The number of carboxylic acids is 2. The Labute approximate surface area is 126 Å². The fraction of sp³-hybridized carbons (Fsp3) is 0.778. The topological polar surface area (TPSA) is 128 Å². The number of rotatable bonds is 2. The van der Waals surface area contributed by atoms with Gasteiger partial charge in [0.05, 0.1) is 0 Å². The van der Waals surface area contributed by atoms with Crippen LogP contribution in [0.15, 0.2) is 0 Å². The second kappa shape index (κ2) is 8.90. The highest BCUT2D eigenvalue weighted by atomic mass is 32.2. The van der Waals surface area contributed by atoms with Crippen molar-refractivity contribution in [3.8, 4) is 0 Å². The molecule has 1 fully saturated rings. The van der Waals surface area contributed by atoms with Gasteiger partial charge in [-0.1, -0.05) is 0 Å². The van der Waals surface area contributed by atoms with E-state index in [9.17, 15) is 30.6 Å². The largest absolute Gasteiger partial charge is 0.490 e. The molecule has 0 spiro atoms. The average molecular weight is 376 g/mol. The van der Waals surface area contributed by atoms with Gasteiger partial charge in [-0.25, -0.2) is 9.59 Å². The maximum Gasteiger partial charge on any atom is 0.490 e. The molecule has 1 atom stereocenters. The molecule has 0 amide bonds. The molecule has 0 aliphatic carbocycles. The number of nitrogens with one attached hydrogen (secondary N) is 2. The summed E-state index contributed by atoms with van der Waals surface area (Å²) in [5.41, 5.74) is 0. The minimum atomic E-state index is -5.08. The molecule has 0 aromatic heterocycles. The Hall–Kier alpha value is -1.57. The normalized spacial score (nSPS) is 17.3. The Kier molecular flexibility index (Phi) is 9.17. The average Bonchev–Trinajstić information content (AvgIpc) is 2.21. The van der Waals surface area contributed by atoms with E-state index in [4.69, 9.17) is 24.6 Å². The van der Waals surface area contributed by atoms with Crippen LogP contribution in [0, 0.1) is 10.7 Å². The van der Waals surface area contributed by atoms with Gasteiger partial charge in [0.15, 0.2) is 0 Å². The fourth-order valence-electron chi connectivity index (χ4n) is 0.916. The third kappa shape index (κ3) is 15.1. The van der Waals surface area contributed by atoms with Crippen LogP contribution in [0.2, 0.25) is 0 Å². The monoisotopic (exact) mass is 376 g/mol. The highest BCUT2D eigenvalue weighted by molar-refractivity contribution is 7.91. The molecule has 1 rings (SSSR count). The molecule has 0 saturated carbocycles. The first kappa shape index (κ1) is 23.7. The van der Waals surface area contributed by atoms with Gasteiger partial charge in [0.25, 0.3) is 0 Å². The minimum Gasteiger partial charge on any atom is -0.475 e. The number of hydrogen-bond acceptors (Lipinski definition) is 5. The Bertz CT molecular complexity index is 474. The van der Waals surface area contributed by atoms with Crippen LogP contribution in [-0.2, 0) is 19.3 Å². The molecule has 138 valence electrons. The van der Waals surface area contributed by atoms with Crippen molar-refractivity contribution in [2.75, 3.05) is 25.1 Å². The van der Waals surface area contributed by atoms with E-state index in [0.717, 1.165) is 13.1 Å². The first-order chi connectivity index (χ1) is 9.97. The van der Waals surface area contributed by atoms with Crippen LogP contribution in [0.1, 0.15) is 0 Å². The number of aliphatic carboxylic acids is 2. The van der Waals surface area contributed by atoms with E-state index in [2.05, 4.69) is 5.32 Å². The highest BCUT2D eigenvalue weighted by Crippen LogP contribution is 2.13. The molecule has 0 aromatic rings. The Morgan fingerprint density at radius 2 is 1.35 bits per heavy atom. The van der Waals surface area contributed by atoms with E-state index in [1.165, 1.54) is 6.26 Å². The van der Waals surface area contributed by atoms with Crippen molar-refractivity contribution in [3.05, 3.63) is 0 Å². The van der Waals surface area contributed by atoms with E-state index in [-0.39, 0.29) is 0 Å². The lowest BCUT2D eigenvalue weighted by Gasteiger charge is -2.26.